The van der Waals surface area contributed by atoms with Crippen LogP contribution in [-0.4, -0.2) is 35.5 Å². The van der Waals surface area contributed by atoms with Crippen molar-refractivity contribution in [1.29, 1.82) is 0 Å². The number of amides is 2. The Morgan fingerprint density at radius 1 is 1.53 bits per heavy atom. The molecule has 0 aromatic heterocycles. The summed E-state index contributed by atoms with van der Waals surface area (Å²) in [5.74, 6) is -1.35. The zero-order chi connectivity index (χ0) is 14.3. The number of nitrogens with one attached hydrogen (secondary N) is 2. The van der Waals surface area contributed by atoms with Gasteiger partial charge in [-0.05, 0) is 38.5 Å². The first-order chi connectivity index (χ1) is 9.04. The van der Waals surface area contributed by atoms with Crippen LogP contribution in [0.25, 0.3) is 0 Å². The fourth-order valence-electron chi connectivity index (χ4n) is 2.08. The predicted octanol–water partition coefficient (Wildman–Crippen LogP) is 0.437. The molecule has 0 aromatic rings. The summed E-state index contributed by atoms with van der Waals surface area (Å²) in [7, 11) is 0. The molecule has 1 aliphatic carbocycles. The maximum Gasteiger partial charge on any atom is 0.326 e. The Morgan fingerprint density at radius 3 is 2.79 bits per heavy atom. The van der Waals surface area contributed by atoms with Crippen molar-refractivity contribution < 1.29 is 19.5 Å². The molecule has 19 heavy (non-hydrogen) atoms. The van der Waals surface area contributed by atoms with Gasteiger partial charge >= 0.3 is 5.97 Å². The standard InChI is InChI=1S/C13H20N2O4/c1-9(14-8-16)12(17)15-11(13(18)19)7-10-5-3-2-4-6-10/h3,5,8-11H,2,4,6-7H2,1H3,(H,14,16)(H,15,17)(H,18,19)/t9-,10?,11-/m0/s1. The average Bonchev–Trinajstić information content (AvgIpc) is 2.39. The monoisotopic (exact) mass is 268 g/mol. The van der Waals surface area contributed by atoms with Crippen LogP contribution in [0.1, 0.15) is 32.6 Å². The molecule has 0 heterocycles. The number of allylic oxidation sites excluding steroid dienone is 2. The molecular weight excluding hydrogens is 248 g/mol. The van der Waals surface area contributed by atoms with E-state index in [1.165, 1.54) is 6.92 Å². The minimum absolute atomic E-state index is 0.185. The van der Waals surface area contributed by atoms with E-state index in [9.17, 15) is 14.4 Å². The Balaban J connectivity index is 2.54. The number of hydrogen-bond donors (Lipinski definition) is 3. The van der Waals surface area contributed by atoms with E-state index in [-0.39, 0.29) is 5.92 Å². The van der Waals surface area contributed by atoms with E-state index in [0.29, 0.717) is 12.8 Å². The number of rotatable bonds is 7. The summed E-state index contributed by atoms with van der Waals surface area (Å²) >= 11 is 0. The van der Waals surface area contributed by atoms with Gasteiger partial charge in [-0.2, -0.15) is 0 Å². The maximum absolute atomic E-state index is 11.7. The molecular formula is C13H20N2O4. The SMILES string of the molecule is C[C@H](NC=O)C(=O)N[C@@H](CC1C=CCCC1)C(=O)O. The van der Waals surface area contributed by atoms with Crippen molar-refractivity contribution in [3.05, 3.63) is 12.2 Å². The van der Waals surface area contributed by atoms with E-state index >= 15 is 0 Å². The van der Waals surface area contributed by atoms with Crippen molar-refractivity contribution in [2.45, 2.75) is 44.7 Å². The maximum atomic E-state index is 11.7. The third-order valence-electron chi connectivity index (χ3n) is 3.22. The minimum Gasteiger partial charge on any atom is -0.480 e. The number of aliphatic carboxylic acids is 1. The smallest absolute Gasteiger partial charge is 0.326 e. The van der Waals surface area contributed by atoms with Crippen LogP contribution in [-0.2, 0) is 14.4 Å². The summed E-state index contributed by atoms with van der Waals surface area (Å²) in [5, 5.41) is 13.9. The van der Waals surface area contributed by atoms with Gasteiger partial charge in [0.25, 0.3) is 0 Å². The molecule has 1 rings (SSSR count). The molecule has 3 atom stereocenters. The van der Waals surface area contributed by atoms with E-state index in [1.807, 2.05) is 12.2 Å². The molecule has 0 aliphatic heterocycles. The summed E-state index contributed by atoms with van der Waals surface area (Å²) < 4.78 is 0. The average molecular weight is 268 g/mol. The van der Waals surface area contributed by atoms with Crippen molar-refractivity contribution in [3.63, 3.8) is 0 Å². The molecule has 6 nitrogen and oxygen atoms in total. The van der Waals surface area contributed by atoms with Gasteiger partial charge in [0.05, 0.1) is 0 Å². The summed E-state index contributed by atoms with van der Waals surface area (Å²) in [4.78, 5) is 33.1. The van der Waals surface area contributed by atoms with Crippen molar-refractivity contribution >= 4 is 18.3 Å². The third kappa shape index (κ3) is 5.11. The first-order valence-electron chi connectivity index (χ1n) is 6.44. The van der Waals surface area contributed by atoms with Gasteiger partial charge in [0.2, 0.25) is 12.3 Å². The first-order valence-corrected chi connectivity index (χ1v) is 6.44. The van der Waals surface area contributed by atoms with Crippen LogP contribution in [0.2, 0.25) is 0 Å². The first kappa shape index (κ1) is 15.2. The highest BCUT2D eigenvalue weighted by molar-refractivity contribution is 5.87. The highest BCUT2D eigenvalue weighted by Gasteiger charge is 2.25. The Kier molecular flexibility index (Phi) is 6.05. The number of carbonyl (C=O) groups is 3. The lowest BCUT2D eigenvalue weighted by Crippen LogP contribution is -2.49. The minimum atomic E-state index is -1.05. The molecule has 0 saturated heterocycles. The molecule has 1 aliphatic rings. The van der Waals surface area contributed by atoms with Gasteiger partial charge in [-0.3, -0.25) is 9.59 Å². The number of hydrogen-bond acceptors (Lipinski definition) is 3. The molecule has 0 saturated carbocycles. The van der Waals surface area contributed by atoms with E-state index in [1.54, 1.807) is 0 Å². The largest absolute Gasteiger partial charge is 0.480 e. The molecule has 0 bridgehead atoms. The molecule has 0 radical (unpaired) electrons. The lowest BCUT2D eigenvalue weighted by Gasteiger charge is -2.22. The van der Waals surface area contributed by atoms with E-state index in [2.05, 4.69) is 10.6 Å². The van der Waals surface area contributed by atoms with E-state index in [0.717, 1.165) is 19.3 Å². The van der Waals surface area contributed by atoms with Gasteiger partial charge in [0, 0.05) is 0 Å². The zero-order valence-electron chi connectivity index (χ0n) is 11.0. The summed E-state index contributed by atoms with van der Waals surface area (Å²) in [6.07, 6.45) is 7.88. The molecule has 6 heteroatoms. The quantitative estimate of drug-likeness (QED) is 0.461. The Hall–Kier alpha value is -1.85. The van der Waals surface area contributed by atoms with Gasteiger partial charge in [-0.15, -0.1) is 0 Å². The van der Waals surface area contributed by atoms with E-state index in [4.69, 9.17) is 5.11 Å². The topological polar surface area (TPSA) is 95.5 Å². The molecule has 0 fully saturated rings. The number of carbonyl (C=O) groups excluding carboxylic acids is 2. The predicted molar refractivity (Wildman–Crippen MR) is 69.3 cm³/mol. The molecule has 1 unspecified atom stereocenters. The van der Waals surface area contributed by atoms with Crippen molar-refractivity contribution in [2.24, 2.45) is 5.92 Å². The van der Waals surface area contributed by atoms with Crippen LogP contribution in [0.3, 0.4) is 0 Å². The van der Waals surface area contributed by atoms with Gasteiger partial charge in [0.15, 0.2) is 0 Å². The van der Waals surface area contributed by atoms with Crippen molar-refractivity contribution in [1.82, 2.24) is 10.6 Å². The van der Waals surface area contributed by atoms with Gasteiger partial charge in [-0.25, -0.2) is 4.79 Å². The van der Waals surface area contributed by atoms with Gasteiger partial charge < -0.3 is 15.7 Å². The van der Waals surface area contributed by atoms with Crippen molar-refractivity contribution in [3.8, 4) is 0 Å². The summed E-state index contributed by atoms with van der Waals surface area (Å²) in [6.45, 7) is 1.50. The lowest BCUT2D eigenvalue weighted by atomic mass is 9.90. The zero-order valence-corrected chi connectivity index (χ0v) is 11.0. The fraction of sp³-hybridized carbons (Fsp3) is 0.615. The highest BCUT2D eigenvalue weighted by atomic mass is 16.4. The summed E-state index contributed by atoms with van der Waals surface area (Å²) in [6, 6.07) is -1.66. The van der Waals surface area contributed by atoms with Crippen LogP contribution in [0, 0.1) is 5.92 Å². The molecule has 3 N–H and O–H groups in total. The second kappa shape index (κ2) is 7.56. The van der Waals surface area contributed by atoms with Crippen LogP contribution < -0.4 is 10.6 Å². The fourth-order valence-corrected chi connectivity index (χ4v) is 2.08. The second-order valence-electron chi connectivity index (χ2n) is 4.76. The number of carboxylic acid groups (broad SMARTS) is 1. The molecule has 0 spiro atoms. The van der Waals surface area contributed by atoms with Crippen LogP contribution in [0.15, 0.2) is 12.2 Å². The van der Waals surface area contributed by atoms with Crippen molar-refractivity contribution in [2.75, 3.05) is 0 Å². The van der Waals surface area contributed by atoms with Crippen LogP contribution in [0.5, 0.6) is 0 Å². The second-order valence-corrected chi connectivity index (χ2v) is 4.76. The Labute approximate surface area is 112 Å². The normalized spacial score (nSPS) is 21.2. The van der Waals surface area contributed by atoms with Crippen LogP contribution >= 0.6 is 0 Å². The van der Waals surface area contributed by atoms with Gasteiger partial charge in [0.1, 0.15) is 12.1 Å². The van der Waals surface area contributed by atoms with Gasteiger partial charge in [-0.1, -0.05) is 12.2 Å². The van der Waals surface area contributed by atoms with Crippen LogP contribution in [0.4, 0.5) is 0 Å². The Morgan fingerprint density at radius 2 is 2.26 bits per heavy atom. The van der Waals surface area contributed by atoms with E-state index < -0.39 is 24.0 Å². The molecule has 0 aromatic carbocycles. The molecule has 106 valence electrons. The molecule has 2 amide bonds. The highest BCUT2D eigenvalue weighted by Crippen LogP contribution is 2.21. The third-order valence-corrected chi connectivity index (χ3v) is 3.22. The lowest BCUT2D eigenvalue weighted by molar-refractivity contribution is -0.142. The summed E-state index contributed by atoms with van der Waals surface area (Å²) in [5.41, 5.74) is 0. The number of carboxylic acids is 1. The Bertz CT molecular complexity index is 368.